The van der Waals surface area contributed by atoms with Crippen LogP contribution in [-0.4, -0.2) is 29.0 Å². The Bertz CT molecular complexity index is 1160. The quantitative estimate of drug-likeness (QED) is 0.368. The van der Waals surface area contributed by atoms with Crippen LogP contribution >= 0.6 is 11.8 Å². The number of carbonyl (C=O) groups excluding carboxylic acids is 1. The third kappa shape index (κ3) is 5.86. The van der Waals surface area contributed by atoms with Crippen LogP contribution in [0.25, 0.3) is 10.8 Å². The lowest BCUT2D eigenvalue weighted by Gasteiger charge is -2.05. The number of carbonyl (C=O) groups is 1. The molecule has 7 heteroatoms. The first-order valence-corrected chi connectivity index (χ1v) is 11.0. The van der Waals surface area contributed by atoms with Gasteiger partial charge in [-0.2, -0.15) is 0 Å². The summed E-state index contributed by atoms with van der Waals surface area (Å²) in [6.45, 7) is 0. The number of rotatable bonds is 9. The second kappa shape index (κ2) is 10.1. The van der Waals surface area contributed by atoms with Gasteiger partial charge in [-0.05, 0) is 53.4 Å². The highest BCUT2D eigenvalue weighted by molar-refractivity contribution is 7.99. The summed E-state index contributed by atoms with van der Waals surface area (Å²) in [6.07, 6.45) is 2.52. The standard InChI is InChI=1S/C24H23N3O3S/c1-29-21-13-9-17(10-14-21)5-4-8-23-26-27-24(30-23)31-16-22(28)25-20-12-11-18-6-2-3-7-19(18)15-20/h2-3,6-7,9-15H,4-5,8,16H2,1H3,(H,25,28). The van der Waals surface area contributed by atoms with Crippen molar-refractivity contribution in [2.45, 2.75) is 24.5 Å². The molecule has 1 aromatic heterocycles. The minimum absolute atomic E-state index is 0.112. The Kier molecular flexibility index (Phi) is 6.84. The van der Waals surface area contributed by atoms with Gasteiger partial charge in [0.2, 0.25) is 11.8 Å². The first-order valence-electron chi connectivity index (χ1n) is 10.1. The predicted octanol–water partition coefficient (Wildman–Crippen LogP) is 5.14. The Labute approximate surface area is 185 Å². The molecular formula is C24H23N3O3S. The average molecular weight is 434 g/mol. The number of nitrogens with one attached hydrogen (secondary N) is 1. The number of fused-ring (bicyclic) bond motifs is 1. The summed E-state index contributed by atoms with van der Waals surface area (Å²) in [7, 11) is 1.66. The van der Waals surface area contributed by atoms with Crippen molar-refractivity contribution in [3.63, 3.8) is 0 Å². The predicted molar refractivity (Wildman–Crippen MR) is 123 cm³/mol. The number of hydrogen-bond acceptors (Lipinski definition) is 6. The summed E-state index contributed by atoms with van der Waals surface area (Å²) in [5.41, 5.74) is 2.01. The zero-order chi connectivity index (χ0) is 21.5. The Morgan fingerprint density at radius 2 is 1.81 bits per heavy atom. The molecule has 4 rings (SSSR count). The maximum atomic E-state index is 12.3. The molecule has 1 amide bonds. The van der Waals surface area contributed by atoms with E-state index in [-0.39, 0.29) is 11.7 Å². The lowest BCUT2D eigenvalue weighted by atomic mass is 10.1. The molecule has 0 bridgehead atoms. The van der Waals surface area contributed by atoms with E-state index in [1.54, 1.807) is 7.11 Å². The van der Waals surface area contributed by atoms with Gasteiger partial charge in [0.15, 0.2) is 0 Å². The molecule has 0 saturated carbocycles. The van der Waals surface area contributed by atoms with Gasteiger partial charge in [-0.1, -0.05) is 54.2 Å². The van der Waals surface area contributed by atoms with Crippen molar-refractivity contribution in [1.29, 1.82) is 0 Å². The van der Waals surface area contributed by atoms with E-state index in [0.29, 0.717) is 17.5 Å². The van der Waals surface area contributed by atoms with Gasteiger partial charge < -0.3 is 14.5 Å². The minimum atomic E-state index is -0.112. The van der Waals surface area contributed by atoms with Crippen molar-refractivity contribution in [3.05, 3.63) is 78.2 Å². The highest BCUT2D eigenvalue weighted by Gasteiger charge is 2.10. The van der Waals surface area contributed by atoms with Crippen LogP contribution in [0.3, 0.4) is 0 Å². The maximum Gasteiger partial charge on any atom is 0.277 e. The molecule has 0 aliphatic heterocycles. The molecule has 6 nitrogen and oxygen atoms in total. The first-order chi connectivity index (χ1) is 15.2. The first kappa shape index (κ1) is 20.9. The molecule has 0 atom stereocenters. The molecular weight excluding hydrogens is 410 g/mol. The van der Waals surface area contributed by atoms with Crippen molar-refractivity contribution >= 4 is 34.1 Å². The zero-order valence-corrected chi connectivity index (χ0v) is 18.0. The van der Waals surface area contributed by atoms with Gasteiger partial charge in [0, 0.05) is 12.1 Å². The smallest absolute Gasteiger partial charge is 0.277 e. The molecule has 31 heavy (non-hydrogen) atoms. The maximum absolute atomic E-state index is 12.3. The van der Waals surface area contributed by atoms with Crippen LogP contribution in [-0.2, 0) is 17.6 Å². The van der Waals surface area contributed by atoms with Crippen LogP contribution in [0.5, 0.6) is 5.75 Å². The molecule has 0 radical (unpaired) electrons. The van der Waals surface area contributed by atoms with Gasteiger partial charge in [0.1, 0.15) is 5.75 Å². The number of hydrogen-bond donors (Lipinski definition) is 1. The summed E-state index contributed by atoms with van der Waals surface area (Å²) in [5.74, 6) is 1.54. The molecule has 1 heterocycles. The molecule has 1 N–H and O–H groups in total. The molecule has 0 spiro atoms. The van der Waals surface area contributed by atoms with E-state index >= 15 is 0 Å². The van der Waals surface area contributed by atoms with Gasteiger partial charge in [0.05, 0.1) is 12.9 Å². The van der Waals surface area contributed by atoms with Gasteiger partial charge >= 0.3 is 0 Å². The van der Waals surface area contributed by atoms with Crippen molar-refractivity contribution in [3.8, 4) is 5.75 Å². The second-order valence-electron chi connectivity index (χ2n) is 7.06. The van der Waals surface area contributed by atoms with Gasteiger partial charge in [-0.25, -0.2) is 0 Å². The number of methoxy groups -OCH3 is 1. The summed E-state index contributed by atoms with van der Waals surface area (Å²) in [6, 6.07) is 21.9. The van der Waals surface area contributed by atoms with Crippen LogP contribution in [0.15, 0.2) is 76.4 Å². The lowest BCUT2D eigenvalue weighted by molar-refractivity contribution is -0.113. The van der Waals surface area contributed by atoms with Gasteiger partial charge in [-0.15, -0.1) is 10.2 Å². The zero-order valence-electron chi connectivity index (χ0n) is 17.2. The Hall–Kier alpha value is -3.32. The van der Waals surface area contributed by atoms with E-state index in [0.717, 1.165) is 35.1 Å². The largest absolute Gasteiger partial charge is 0.497 e. The van der Waals surface area contributed by atoms with E-state index in [1.807, 2.05) is 54.6 Å². The number of thioether (sulfide) groups is 1. The van der Waals surface area contributed by atoms with Crippen LogP contribution < -0.4 is 10.1 Å². The van der Waals surface area contributed by atoms with Crippen LogP contribution in [0.4, 0.5) is 5.69 Å². The molecule has 3 aromatic carbocycles. The fourth-order valence-electron chi connectivity index (χ4n) is 3.22. The number of amides is 1. The molecule has 0 aliphatic rings. The Morgan fingerprint density at radius 3 is 2.61 bits per heavy atom. The monoisotopic (exact) mass is 433 g/mol. The highest BCUT2D eigenvalue weighted by Crippen LogP contribution is 2.21. The number of aromatic nitrogens is 2. The van der Waals surface area contributed by atoms with Crippen molar-refractivity contribution in [2.24, 2.45) is 0 Å². The van der Waals surface area contributed by atoms with Crippen molar-refractivity contribution in [1.82, 2.24) is 10.2 Å². The van der Waals surface area contributed by atoms with Crippen molar-refractivity contribution in [2.75, 3.05) is 18.2 Å². The van der Waals surface area contributed by atoms with Crippen molar-refractivity contribution < 1.29 is 13.9 Å². The van der Waals surface area contributed by atoms with E-state index in [4.69, 9.17) is 9.15 Å². The van der Waals surface area contributed by atoms with Crippen LogP contribution in [0.2, 0.25) is 0 Å². The van der Waals surface area contributed by atoms with E-state index in [1.165, 1.54) is 17.3 Å². The summed E-state index contributed by atoms with van der Waals surface area (Å²) < 4.78 is 10.8. The third-order valence-electron chi connectivity index (χ3n) is 4.82. The molecule has 0 aliphatic carbocycles. The number of aryl methyl sites for hydroxylation is 2. The van der Waals surface area contributed by atoms with Gasteiger partial charge in [-0.3, -0.25) is 4.79 Å². The summed E-state index contributed by atoms with van der Waals surface area (Å²) in [5, 5.41) is 13.7. The van der Waals surface area contributed by atoms with E-state index < -0.39 is 0 Å². The van der Waals surface area contributed by atoms with E-state index in [2.05, 4.69) is 27.6 Å². The fraction of sp³-hybridized carbons (Fsp3) is 0.208. The fourth-order valence-corrected chi connectivity index (χ4v) is 3.81. The van der Waals surface area contributed by atoms with E-state index in [9.17, 15) is 4.79 Å². The number of anilines is 1. The van der Waals surface area contributed by atoms with Crippen LogP contribution in [0.1, 0.15) is 17.9 Å². The molecule has 4 aromatic rings. The highest BCUT2D eigenvalue weighted by atomic mass is 32.2. The Morgan fingerprint density at radius 1 is 1.00 bits per heavy atom. The molecule has 0 unspecified atom stereocenters. The summed E-state index contributed by atoms with van der Waals surface area (Å²) in [4.78, 5) is 12.3. The average Bonchev–Trinajstić information content (AvgIpc) is 3.26. The lowest BCUT2D eigenvalue weighted by Crippen LogP contribution is -2.13. The summed E-state index contributed by atoms with van der Waals surface area (Å²) >= 11 is 1.24. The SMILES string of the molecule is COc1ccc(CCCc2nnc(SCC(=O)Nc3ccc4ccccc4c3)o2)cc1. The third-order valence-corrected chi connectivity index (χ3v) is 5.64. The number of nitrogens with zero attached hydrogens (tertiary/aromatic N) is 2. The molecule has 158 valence electrons. The molecule has 0 saturated heterocycles. The van der Waals surface area contributed by atoms with Gasteiger partial charge in [0.25, 0.3) is 5.22 Å². The topological polar surface area (TPSA) is 77.2 Å². The van der Waals surface area contributed by atoms with Crippen LogP contribution in [0, 0.1) is 0 Å². The number of benzene rings is 3. The molecule has 0 fully saturated rings. The second-order valence-corrected chi connectivity index (χ2v) is 7.99. The Balaban J connectivity index is 1.22. The normalized spacial score (nSPS) is 10.9. The minimum Gasteiger partial charge on any atom is -0.497 e. The number of ether oxygens (including phenoxy) is 1.